The van der Waals surface area contributed by atoms with E-state index in [1.54, 1.807) is 0 Å². The maximum Gasteiger partial charge on any atom is 0.306 e. The molecule has 0 fully saturated rings. The van der Waals surface area contributed by atoms with Crippen LogP contribution < -0.4 is 0 Å². The molecule has 0 aliphatic carbocycles. The maximum atomic E-state index is 12.7. The van der Waals surface area contributed by atoms with Gasteiger partial charge in [-0.15, -0.1) is 0 Å². The Morgan fingerprint density at radius 1 is 0.362 bits per heavy atom. The number of carbonyl (C=O) groups is 3. The first kappa shape index (κ1) is 55.1. The molecule has 1 atom stereocenters. The fourth-order valence-corrected chi connectivity index (χ4v) is 6.60. The smallest absolute Gasteiger partial charge is 0.306 e. The van der Waals surface area contributed by atoms with Crippen LogP contribution in [0.15, 0.2) is 60.8 Å². The van der Waals surface area contributed by atoms with Crippen LogP contribution in [0.2, 0.25) is 0 Å². The minimum absolute atomic E-state index is 0.0894. The quantitative estimate of drug-likeness (QED) is 0.0264. The van der Waals surface area contributed by atoms with Crippen LogP contribution in [0.3, 0.4) is 0 Å². The number of hydrogen-bond donors (Lipinski definition) is 0. The summed E-state index contributed by atoms with van der Waals surface area (Å²) in [6.07, 6.45) is 56.3. The van der Waals surface area contributed by atoms with Crippen molar-refractivity contribution in [3.63, 3.8) is 0 Å². The molecule has 0 aliphatic rings. The van der Waals surface area contributed by atoms with Crippen molar-refractivity contribution < 1.29 is 28.6 Å². The molecular weight excluding hydrogens is 721 g/mol. The number of ether oxygens (including phenoxy) is 3. The van der Waals surface area contributed by atoms with E-state index in [1.165, 1.54) is 89.9 Å². The summed E-state index contributed by atoms with van der Waals surface area (Å²) in [5.74, 6) is -0.933. The van der Waals surface area contributed by atoms with Crippen LogP contribution in [0.25, 0.3) is 0 Å². The van der Waals surface area contributed by atoms with E-state index in [4.69, 9.17) is 14.2 Å². The zero-order chi connectivity index (χ0) is 42.3. The number of esters is 3. The Balaban J connectivity index is 4.44. The molecule has 0 aromatic carbocycles. The van der Waals surface area contributed by atoms with E-state index in [0.717, 1.165) is 103 Å². The third-order valence-electron chi connectivity index (χ3n) is 10.3. The van der Waals surface area contributed by atoms with Gasteiger partial charge in [0.05, 0.1) is 0 Å². The standard InChI is InChI=1S/C52H90O6/c1-4-7-10-13-16-19-22-25-26-28-30-33-36-39-42-45-51(54)57-48-49(47-56-50(53)44-41-38-35-32-29-24-21-18-15-12-9-6-3)58-52(55)46-43-40-37-34-31-27-23-20-17-14-11-8-5-2/h8,11,16-17,19-20,25-27,31,49H,4-7,9-10,12-15,18,21-24,28-30,32-48H2,1-3H3/b11-8-,19-16-,20-17-,26-25-,31-27-. The number of carbonyl (C=O) groups excluding carboxylic acids is 3. The Kier molecular flexibility index (Phi) is 44.5. The molecular formula is C52H90O6. The molecule has 0 aliphatic heterocycles. The van der Waals surface area contributed by atoms with Crippen molar-refractivity contribution >= 4 is 17.9 Å². The van der Waals surface area contributed by atoms with Gasteiger partial charge in [0.1, 0.15) is 13.2 Å². The van der Waals surface area contributed by atoms with Crippen molar-refractivity contribution in [2.24, 2.45) is 0 Å². The van der Waals surface area contributed by atoms with E-state index in [2.05, 4.69) is 81.5 Å². The molecule has 0 rings (SSSR count). The van der Waals surface area contributed by atoms with Gasteiger partial charge in [-0.1, -0.05) is 191 Å². The average Bonchev–Trinajstić information content (AvgIpc) is 3.22. The molecule has 1 unspecified atom stereocenters. The van der Waals surface area contributed by atoms with Gasteiger partial charge in [0, 0.05) is 19.3 Å². The second-order valence-corrected chi connectivity index (χ2v) is 16.0. The molecule has 6 nitrogen and oxygen atoms in total. The van der Waals surface area contributed by atoms with Crippen molar-refractivity contribution in [2.45, 2.75) is 239 Å². The van der Waals surface area contributed by atoms with Crippen LogP contribution in [0.1, 0.15) is 233 Å². The highest BCUT2D eigenvalue weighted by atomic mass is 16.6. The maximum absolute atomic E-state index is 12.7. The van der Waals surface area contributed by atoms with Crippen molar-refractivity contribution in [3.05, 3.63) is 60.8 Å². The molecule has 0 amide bonds. The predicted molar refractivity (Wildman–Crippen MR) is 247 cm³/mol. The Labute approximate surface area is 358 Å². The van der Waals surface area contributed by atoms with Crippen LogP contribution in [-0.2, 0) is 28.6 Å². The molecule has 0 saturated carbocycles. The van der Waals surface area contributed by atoms with Gasteiger partial charge < -0.3 is 14.2 Å². The van der Waals surface area contributed by atoms with Gasteiger partial charge >= 0.3 is 17.9 Å². The van der Waals surface area contributed by atoms with Crippen molar-refractivity contribution in [2.75, 3.05) is 13.2 Å². The zero-order valence-electron chi connectivity index (χ0n) is 38.0. The van der Waals surface area contributed by atoms with Gasteiger partial charge in [0.15, 0.2) is 6.10 Å². The summed E-state index contributed by atoms with van der Waals surface area (Å²) in [7, 11) is 0. The monoisotopic (exact) mass is 811 g/mol. The molecule has 0 bridgehead atoms. The van der Waals surface area contributed by atoms with Gasteiger partial charge in [0.25, 0.3) is 0 Å². The van der Waals surface area contributed by atoms with Crippen LogP contribution in [0, 0.1) is 0 Å². The first-order valence-corrected chi connectivity index (χ1v) is 24.3. The Hall–Kier alpha value is -2.89. The van der Waals surface area contributed by atoms with Crippen LogP contribution >= 0.6 is 0 Å². The fraction of sp³-hybridized carbons (Fsp3) is 0.750. The molecule has 334 valence electrons. The third kappa shape index (κ3) is 44.2. The average molecular weight is 811 g/mol. The van der Waals surface area contributed by atoms with Gasteiger partial charge in [-0.2, -0.15) is 0 Å². The third-order valence-corrected chi connectivity index (χ3v) is 10.3. The summed E-state index contributed by atoms with van der Waals surface area (Å²) in [6.45, 7) is 6.45. The molecule has 58 heavy (non-hydrogen) atoms. The Morgan fingerprint density at radius 3 is 1.10 bits per heavy atom. The lowest BCUT2D eigenvalue weighted by atomic mass is 10.0. The molecule has 6 heteroatoms. The topological polar surface area (TPSA) is 78.9 Å². The van der Waals surface area contributed by atoms with Crippen LogP contribution in [0.4, 0.5) is 0 Å². The molecule has 0 aromatic heterocycles. The summed E-state index contributed by atoms with van der Waals surface area (Å²) in [4.78, 5) is 37.8. The highest BCUT2D eigenvalue weighted by Crippen LogP contribution is 2.14. The highest BCUT2D eigenvalue weighted by Gasteiger charge is 2.19. The first-order chi connectivity index (χ1) is 28.5. The number of hydrogen-bond acceptors (Lipinski definition) is 6. The van der Waals surface area contributed by atoms with Gasteiger partial charge in [0.2, 0.25) is 0 Å². The van der Waals surface area contributed by atoms with Crippen molar-refractivity contribution in [1.82, 2.24) is 0 Å². The van der Waals surface area contributed by atoms with Gasteiger partial charge in [-0.3, -0.25) is 14.4 Å². The Morgan fingerprint density at radius 2 is 0.672 bits per heavy atom. The summed E-state index contributed by atoms with van der Waals surface area (Å²) < 4.78 is 16.7. The summed E-state index contributed by atoms with van der Waals surface area (Å²) in [5, 5.41) is 0. The highest BCUT2D eigenvalue weighted by molar-refractivity contribution is 5.71. The molecule has 0 N–H and O–H groups in total. The van der Waals surface area contributed by atoms with E-state index in [1.807, 2.05) is 0 Å². The van der Waals surface area contributed by atoms with E-state index in [0.29, 0.717) is 19.3 Å². The second-order valence-electron chi connectivity index (χ2n) is 16.0. The minimum Gasteiger partial charge on any atom is -0.462 e. The first-order valence-electron chi connectivity index (χ1n) is 24.3. The van der Waals surface area contributed by atoms with E-state index < -0.39 is 6.10 Å². The minimum atomic E-state index is -0.791. The summed E-state index contributed by atoms with van der Waals surface area (Å²) in [6, 6.07) is 0. The zero-order valence-corrected chi connectivity index (χ0v) is 38.0. The molecule has 0 spiro atoms. The van der Waals surface area contributed by atoms with Crippen LogP contribution in [0.5, 0.6) is 0 Å². The molecule has 0 aromatic rings. The SMILES string of the molecule is CC/C=C\C/C=C\C/C=C\CCCCCC(=O)OC(COC(=O)CCCCCCC/C=C\C/C=C\CCCCC)COC(=O)CCCCCCCCCCCCCC. The lowest BCUT2D eigenvalue weighted by Gasteiger charge is -2.18. The van der Waals surface area contributed by atoms with E-state index in [9.17, 15) is 14.4 Å². The lowest BCUT2D eigenvalue weighted by Crippen LogP contribution is -2.30. The fourth-order valence-electron chi connectivity index (χ4n) is 6.60. The summed E-state index contributed by atoms with van der Waals surface area (Å²) in [5.41, 5.74) is 0. The second kappa shape index (κ2) is 46.8. The van der Waals surface area contributed by atoms with E-state index in [-0.39, 0.29) is 31.1 Å². The number of unbranched alkanes of at least 4 members (excludes halogenated alkanes) is 22. The van der Waals surface area contributed by atoms with Gasteiger partial charge in [-0.25, -0.2) is 0 Å². The number of allylic oxidation sites excluding steroid dienone is 10. The van der Waals surface area contributed by atoms with Gasteiger partial charge in [-0.05, 0) is 83.5 Å². The molecule has 0 radical (unpaired) electrons. The lowest BCUT2D eigenvalue weighted by molar-refractivity contribution is -0.167. The largest absolute Gasteiger partial charge is 0.462 e. The molecule has 0 saturated heterocycles. The van der Waals surface area contributed by atoms with E-state index >= 15 is 0 Å². The number of rotatable bonds is 43. The Bertz CT molecular complexity index is 1070. The van der Waals surface area contributed by atoms with Crippen molar-refractivity contribution in [3.8, 4) is 0 Å². The normalized spacial score (nSPS) is 12.5. The summed E-state index contributed by atoms with van der Waals surface area (Å²) >= 11 is 0. The predicted octanol–water partition coefficient (Wildman–Crippen LogP) is 15.7. The van der Waals surface area contributed by atoms with Crippen LogP contribution in [-0.4, -0.2) is 37.2 Å². The van der Waals surface area contributed by atoms with Crippen molar-refractivity contribution in [1.29, 1.82) is 0 Å². The molecule has 0 heterocycles.